The number of aromatic carboxylic acids is 1. The quantitative estimate of drug-likeness (QED) is 0.881. The van der Waals surface area contributed by atoms with Gasteiger partial charge in [-0.05, 0) is 41.5 Å². The van der Waals surface area contributed by atoms with E-state index >= 15 is 0 Å². The largest absolute Gasteiger partial charge is 0.508 e. The Bertz CT molecular complexity index is 646. The zero-order valence-electron chi connectivity index (χ0n) is 9.98. The van der Waals surface area contributed by atoms with Gasteiger partial charge in [0.05, 0.1) is 11.1 Å². The van der Waals surface area contributed by atoms with Crippen molar-refractivity contribution in [1.82, 2.24) is 0 Å². The van der Waals surface area contributed by atoms with Crippen LogP contribution in [-0.2, 0) is 6.18 Å². The average molecular weight is 282 g/mol. The van der Waals surface area contributed by atoms with Crippen LogP contribution in [0.15, 0.2) is 42.5 Å². The molecule has 0 atom stereocenters. The molecule has 0 saturated heterocycles. The fraction of sp³-hybridized carbons (Fsp3) is 0.0714. The summed E-state index contributed by atoms with van der Waals surface area (Å²) in [6.07, 6.45) is -4.43. The van der Waals surface area contributed by atoms with E-state index in [9.17, 15) is 23.1 Å². The molecule has 0 bridgehead atoms. The maximum Gasteiger partial charge on any atom is 0.416 e. The highest BCUT2D eigenvalue weighted by Crippen LogP contribution is 2.32. The van der Waals surface area contributed by atoms with Gasteiger partial charge in [0.15, 0.2) is 0 Å². The fourth-order valence-corrected chi connectivity index (χ4v) is 1.75. The van der Waals surface area contributed by atoms with E-state index in [-0.39, 0.29) is 11.3 Å². The van der Waals surface area contributed by atoms with E-state index in [0.29, 0.717) is 11.1 Å². The standard InChI is InChI=1S/C14H9F3O3/c15-14(16,17)11-3-1-8(2-4-11)9-5-10(13(19)20)7-12(18)6-9/h1-7,18H,(H,19,20). The summed E-state index contributed by atoms with van der Waals surface area (Å²) < 4.78 is 37.3. The van der Waals surface area contributed by atoms with Crippen molar-refractivity contribution in [2.75, 3.05) is 0 Å². The van der Waals surface area contributed by atoms with Gasteiger partial charge in [-0.1, -0.05) is 12.1 Å². The molecule has 2 N–H and O–H groups in total. The molecular weight excluding hydrogens is 273 g/mol. The number of aromatic hydroxyl groups is 1. The highest BCUT2D eigenvalue weighted by atomic mass is 19.4. The van der Waals surface area contributed by atoms with E-state index in [4.69, 9.17) is 5.11 Å². The third-order valence-corrected chi connectivity index (χ3v) is 2.71. The summed E-state index contributed by atoms with van der Waals surface area (Å²) in [7, 11) is 0. The second-order valence-corrected chi connectivity index (χ2v) is 4.15. The summed E-state index contributed by atoms with van der Waals surface area (Å²) in [6.45, 7) is 0. The van der Waals surface area contributed by atoms with Crippen molar-refractivity contribution in [3.63, 3.8) is 0 Å². The fourth-order valence-electron chi connectivity index (χ4n) is 1.75. The third kappa shape index (κ3) is 2.90. The van der Waals surface area contributed by atoms with E-state index in [2.05, 4.69) is 0 Å². The van der Waals surface area contributed by atoms with E-state index in [1.54, 1.807) is 0 Å². The number of halogens is 3. The average Bonchev–Trinajstić information content (AvgIpc) is 2.37. The van der Waals surface area contributed by atoms with Gasteiger partial charge in [0.25, 0.3) is 0 Å². The summed E-state index contributed by atoms with van der Waals surface area (Å²) >= 11 is 0. The number of carbonyl (C=O) groups is 1. The molecule has 104 valence electrons. The van der Waals surface area contributed by atoms with Crippen LogP contribution in [0.2, 0.25) is 0 Å². The molecule has 0 aromatic heterocycles. The van der Waals surface area contributed by atoms with Gasteiger partial charge in [-0.15, -0.1) is 0 Å². The monoisotopic (exact) mass is 282 g/mol. The van der Waals surface area contributed by atoms with Gasteiger partial charge in [0.1, 0.15) is 5.75 Å². The first-order valence-electron chi connectivity index (χ1n) is 5.52. The SMILES string of the molecule is O=C(O)c1cc(O)cc(-c2ccc(C(F)(F)F)cc2)c1. The second kappa shape index (κ2) is 4.88. The molecule has 0 radical (unpaired) electrons. The predicted octanol–water partition coefficient (Wildman–Crippen LogP) is 3.78. The Hall–Kier alpha value is -2.50. The van der Waals surface area contributed by atoms with Crippen molar-refractivity contribution in [3.05, 3.63) is 53.6 Å². The van der Waals surface area contributed by atoms with Gasteiger partial charge in [-0.3, -0.25) is 0 Å². The van der Waals surface area contributed by atoms with Gasteiger partial charge in [-0.25, -0.2) is 4.79 Å². The Balaban J connectivity index is 2.44. The second-order valence-electron chi connectivity index (χ2n) is 4.15. The van der Waals surface area contributed by atoms with E-state index in [1.165, 1.54) is 24.3 Å². The normalized spacial score (nSPS) is 11.3. The molecule has 0 aliphatic carbocycles. The van der Waals surface area contributed by atoms with Crippen molar-refractivity contribution < 1.29 is 28.2 Å². The molecule has 0 heterocycles. The Morgan fingerprint density at radius 2 is 1.55 bits per heavy atom. The summed E-state index contributed by atoms with van der Waals surface area (Å²) in [4.78, 5) is 10.9. The van der Waals surface area contributed by atoms with E-state index < -0.39 is 17.7 Å². The molecular formula is C14H9F3O3. The zero-order chi connectivity index (χ0) is 14.9. The predicted molar refractivity (Wildman–Crippen MR) is 65.5 cm³/mol. The van der Waals surface area contributed by atoms with Gasteiger partial charge in [0, 0.05) is 0 Å². The van der Waals surface area contributed by atoms with Crippen molar-refractivity contribution in [1.29, 1.82) is 0 Å². The Morgan fingerprint density at radius 1 is 0.950 bits per heavy atom. The molecule has 3 nitrogen and oxygen atoms in total. The lowest BCUT2D eigenvalue weighted by Gasteiger charge is -2.08. The Labute approximate surface area is 111 Å². The maximum absolute atomic E-state index is 12.4. The molecule has 0 fully saturated rings. The molecule has 2 aromatic rings. The molecule has 6 heteroatoms. The molecule has 0 aliphatic rings. The van der Waals surface area contributed by atoms with Crippen molar-refractivity contribution in [2.45, 2.75) is 6.18 Å². The lowest BCUT2D eigenvalue weighted by molar-refractivity contribution is -0.137. The number of benzene rings is 2. The summed E-state index contributed by atoms with van der Waals surface area (Å²) in [5.41, 5.74) is -0.215. The molecule has 2 aromatic carbocycles. The number of phenols is 1. The van der Waals surface area contributed by atoms with Gasteiger partial charge < -0.3 is 10.2 Å². The number of rotatable bonds is 2. The molecule has 0 spiro atoms. The third-order valence-electron chi connectivity index (χ3n) is 2.71. The van der Waals surface area contributed by atoms with Crippen molar-refractivity contribution in [3.8, 4) is 16.9 Å². The van der Waals surface area contributed by atoms with Crippen molar-refractivity contribution >= 4 is 5.97 Å². The van der Waals surface area contributed by atoms with Crippen LogP contribution >= 0.6 is 0 Å². The molecule has 0 amide bonds. The molecule has 0 saturated carbocycles. The molecule has 2 rings (SSSR count). The zero-order valence-corrected chi connectivity index (χ0v) is 9.98. The number of alkyl halides is 3. The Morgan fingerprint density at radius 3 is 2.05 bits per heavy atom. The number of hydrogen-bond donors (Lipinski definition) is 2. The van der Waals surface area contributed by atoms with E-state index in [1.807, 2.05) is 0 Å². The Kier molecular flexibility index (Phi) is 3.40. The van der Waals surface area contributed by atoms with Crippen LogP contribution in [0.4, 0.5) is 13.2 Å². The van der Waals surface area contributed by atoms with Crippen LogP contribution in [-0.4, -0.2) is 16.2 Å². The van der Waals surface area contributed by atoms with Crippen LogP contribution in [0.25, 0.3) is 11.1 Å². The van der Waals surface area contributed by atoms with Crippen LogP contribution in [0.1, 0.15) is 15.9 Å². The van der Waals surface area contributed by atoms with Crippen LogP contribution in [0.5, 0.6) is 5.75 Å². The summed E-state index contributed by atoms with van der Waals surface area (Å²) in [6, 6.07) is 7.89. The first-order valence-corrected chi connectivity index (χ1v) is 5.52. The highest BCUT2D eigenvalue weighted by Gasteiger charge is 2.29. The van der Waals surface area contributed by atoms with Gasteiger partial charge >= 0.3 is 12.1 Å². The lowest BCUT2D eigenvalue weighted by Crippen LogP contribution is -2.04. The molecule has 0 aliphatic heterocycles. The minimum absolute atomic E-state index is 0.139. The van der Waals surface area contributed by atoms with Gasteiger partial charge in [0.2, 0.25) is 0 Å². The number of hydrogen-bond acceptors (Lipinski definition) is 2. The lowest BCUT2D eigenvalue weighted by atomic mass is 10.0. The minimum atomic E-state index is -4.43. The van der Waals surface area contributed by atoms with Crippen LogP contribution in [0.3, 0.4) is 0 Å². The molecule has 0 unspecified atom stereocenters. The van der Waals surface area contributed by atoms with Crippen LogP contribution in [0, 0.1) is 0 Å². The number of carboxylic acid groups (broad SMARTS) is 1. The summed E-state index contributed by atoms with van der Waals surface area (Å²) in [5.74, 6) is -1.49. The smallest absolute Gasteiger partial charge is 0.416 e. The molecule has 20 heavy (non-hydrogen) atoms. The number of carboxylic acids is 1. The first kappa shape index (κ1) is 13.9. The van der Waals surface area contributed by atoms with Crippen LogP contribution < -0.4 is 0 Å². The first-order chi connectivity index (χ1) is 9.27. The summed E-state index contributed by atoms with van der Waals surface area (Å²) in [5, 5.41) is 18.3. The highest BCUT2D eigenvalue weighted by molar-refractivity contribution is 5.90. The minimum Gasteiger partial charge on any atom is -0.508 e. The number of phenolic OH excluding ortho intramolecular Hbond substituents is 1. The maximum atomic E-state index is 12.4. The topological polar surface area (TPSA) is 57.5 Å². The van der Waals surface area contributed by atoms with Gasteiger partial charge in [-0.2, -0.15) is 13.2 Å². The van der Waals surface area contributed by atoms with E-state index in [0.717, 1.165) is 18.2 Å². The van der Waals surface area contributed by atoms with Crippen molar-refractivity contribution in [2.24, 2.45) is 0 Å².